The van der Waals surface area contributed by atoms with Crippen LogP contribution in [-0.2, 0) is 22.4 Å². The second-order valence-electron chi connectivity index (χ2n) is 9.21. The summed E-state index contributed by atoms with van der Waals surface area (Å²) in [6.45, 7) is 10.4. The molecule has 7 heteroatoms. The highest BCUT2D eigenvalue weighted by atomic mass is 35.5. The van der Waals surface area contributed by atoms with E-state index in [1.807, 2.05) is 13.8 Å². The molecule has 0 fully saturated rings. The van der Waals surface area contributed by atoms with Crippen LogP contribution < -0.4 is 10.1 Å². The first-order valence-corrected chi connectivity index (χ1v) is 11.6. The van der Waals surface area contributed by atoms with Crippen LogP contribution >= 0.6 is 22.9 Å². The van der Waals surface area contributed by atoms with Gasteiger partial charge in [0.15, 0.2) is 6.61 Å². The van der Waals surface area contributed by atoms with Crippen molar-refractivity contribution < 1.29 is 19.1 Å². The topological polar surface area (TPSA) is 64.6 Å². The lowest BCUT2D eigenvalue weighted by Crippen LogP contribution is -2.26. The van der Waals surface area contributed by atoms with Gasteiger partial charge in [0.2, 0.25) is 0 Å². The molecule has 1 heterocycles. The standard InChI is InChI=1S/C24H30ClNO4S/c1-13-9-16(10-14(2)21(13)25)30-12-19(27)26-22-20(23(28)29-6)17-8-7-15(24(3,4)5)11-18(17)31-22/h9-10,15H,7-8,11-12H2,1-6H3,(H,26,27). The zero-order valence-corrected chi connectivity index (χ0v) is 20.6. The van der Waals surface area contributed by atoms with E-state index in [2.05, 4.69) is 26.1 Å². The van der Waals surface area contributed by atoms with Gasteiger partial charge in [0.25, 0.3) is 5.91 Å². The Kier molecular flexibility index (Phi) is 7.01. The van der Waals surface area contributed by atoms with Gasteiger partial charge in [0.1, 0.15) is 10.8 Å². The van der Waals surface area contributed by atoms with Crippen molar-refractivity contribution in [3.05, 3.63) is 44.3 Å². The van der Waals surface area contributed by atoms with Crippen molar-refractivity contribution in [3.63, 3.8) is 0 Å². The number of ether oxygens (including phenoxy) is 2. The maximum atomic E-state index is 12.6. The number of benzene rings is 1. The molecule has 1 atom stereocenters. The van der Waals surface area contributed by atoms with Gasteiger partial charge in [-0.1, -0.05) is 32.4 Å². The Morgan fingerprint density at radius 1 is 1.23 bits per heavy atom. The summed E-state index contributed by atoms with van der Waals surface area (Å²) >= 11 is 7.67. The van der Waals surface area contributed by atoms with Crippen molar-refractivity contribution >= 4 is 39.8 Å². The number of thiophene rings is 1. The molecule has 5 nitrogen and oxygen atoms in total. The molecule has 1 aromatic carbocycles. The third-order valence-electron chi connectivity index (χ3n) is 5.91. The van der Waals surface area contributed by atoms with Crippen molar-refractivity contribution in [2.24, 2.45) is 11.3 Å². The summed E-state index contributed by atoms with van der Waals surface area (Å²) in [5, 5.41) is 4.11. The molecular formula is C24H30ClNO4S. The fraction of sp³-hybridized carbons (Fsp3) is 0.500. The molecule has 31 heavy (non-hydrogen) atoms. The molecule has 168 valence electrons. The van der Waals surface area contributed by atoms with Gasteiger partial charge < -0.3 is 14.8 Å². The SMILES string of the molecule is COC(=O)c1c(NC(=O)COc2cc(C)c(Cl)c(C)c2)sc2c1CCC(C(C)(C)C)C2. The Hall–Kier alpha value is -2.05. The molecule has 0 saturated carbocycles. The van der Waals surface area contributed by atoms with Crippen LogP contribution in [0.25, 0.3) is 0 Å². The Balaban J connectivity index is 1.77. The number of nitrogens with one attached hydrogen (secondary N) is 1. The first kappa shape index (κ1) is 23.6. The molecule has 2 aromatic rings. The van der Waals surface area contributed by atoms with Crippen LogP contribution in [0.5, 0.6) is 5.75 Å². The number of fused-ring (bicyclic) bond motifs is 1. The molecule has 0 radical (unpaired) electrons. The van der Waals surface area contributed by atoms with E-state index >= 15 is 0 Å². The maximum Gasteiger partial charge on any atom is 0.341 e. The number of aryl methyl sites for hydroxylation is 2. The van der Waals surface area contributed by atoms with Crippen LogP contribution in [0.1, 0.15) is 59.1 Å². The average molecular weight is 464 g/mol. The molecule has 1 aliphatic carbocycles. The minimum absolute atomic E-state index is 0.158. The highest BCUT2D eigenvalue weighted by Crippen LogP contribution is 2.44. The first-order chi connectivity index (χ1) is 14.5. The largest absolute Gasteiger partial charge is 0.484 e. The van der Waals surface area contributed by atoms with Crippen molar-refractivity contribution in [2.45, 2.75) is 53.9 Å². The number of halogens is 1. The molecule has 0 spiro atoms. The molecule has 0 aliphatic heterocycles. The van der Waals surface area contributed by atoms with E-state index in [4.69, 9.17) is 21.1 Å². The molecule has 1 aliphatic rings. The van der Waals surface area contributed by atoms with Crippen LogP contribution in [0.15, 0.2) is 12.1 Å². The summed E-state index contributed by atoms with van der Waals surface area (Å²) in [5.74, 6) is 0.391. The molecule has 1 N–H and O–H groups in total. The second-order valence-corrected chi connectivity index (χ2v) is 10.7. The Morgan fingerprint density at radius 3 is 2.45 bits per heavy atom. The number of amides is 1. The Bertz CT molecular complexity index is 983. The molecule has 0 bridgehead atoms. The van der Waals surface area contributed by atoms with Crippen LogP contribution in [0.3, 0.4) is 0 Å². The number of hydrogen-bond acceptors (Lipinski definition) is 5. The van der Waals surface area contributed by atoms with Gasteiger partial charge in [-0.3, -0.25) is 4.79 Å². The van der Waals surface area contributed by atoms with Crippen LogP contribution in [0.2, 0.25) is 5.02 Å². The number of rotatable bonds is 5. The van der Waals surface area contributed by atoms with Gasteiger partial charge in [-0.25, -0.2) is 4.79 Å². The number of esters is 1. The van der Waals surface area contributed by atoms with Gasteiger partial charge in [-0.15, -0.1) is 11.3 Å². The Morgan fingerprint density at radius 2 is 1.87 bits per heavy atom. The van der Waals surface area contributed by atoms with Gasteiger partial charge in [-0.2, -0.15) is 0 Å². The van der Waals surface area contributed by atoms with Gasteiger partial charge >= 0.3 is 5.97 Å². The summed E-state index contributed by atoms with van der Waals surface area (Å²) in [7, 11) is 1.37. The number of anilines is 1. The lowest BCUT2D eigenvalue weighted by Gasteiger charge is -2.33. The fourth-order valence-corrected chi connectivity index (χ4v) is 5.47. The Labute approximate surface area is 193 Å². The zero-order chi connectivity index (χ0) is 22.9. The third-order valence-corrected chi connectivity index (χ3v) is 7.68. The quantitative estimate of drug-likeness (QED) is 0.554. The predicted molar refractivity (Wildman–Crippen MR) is 126 cm³/mol. The average Bonchev–Trinajstić information content (AvgIpc) is 3.06. The molecule has 1 unspecified atom stereocenters. The van der Waals surface area contributed by atoms with E-state index in [0.717, 1.165) is 40.8 Å². The molecule has 0 saturated heterocycles. The third kappa shape index (κ3) is 5.24. The van der Waals surface area contributed by atoms with Crippen molar-refractivity contribution in [2.75, 3.05) is 19.0 Å². The molecular weight excluding hydrogens is 434 g/mol. The normalized spacial score (nSPS) is 15.9. The number of methoxy groups -OCH3 is 1. The van der Waals surface area contributed by atoms with Crippen molar-refractivity contribution in [1.82, 2.24) is 0 Å². The highest BCUT2D eigenvalue weighted by Gasteiger charge is 2.34. The molecule has 3 rings (SSSR count). The van der Waals surface area contributed by atoms with E-state index < -0.39 is 5.97 Å². The fourth-order valence-electron chi connectivity index (χ4n) is 4.03. The van der Waals surface area contributed by atoms with E-state index in [0.29, 0.717) is 27.3 Å². The van der Waals surface area contributed by atoms with Crippen molar-refractivity contribution in [1.29, 1.82) is 0 Å². The minimum atomic E-state index is -0.410. The monoisotopic (exact) mass is 463 g/mol. The summed E-state index contributed by atoms with van der Waals surface area (Å²) < 4.78 is 10.7. The maximum absolute atomic E-state index is 12.6. The van der Waals surface area contributed by atoms with Crippen LogP contribution in [-0.4, -0.2) is 25.6 Å². The highest BCUT2D eigenvalue weighted by molar-refractivity contribution is 7.17. The van der Waals surface area contributed by atoms with Gasteiger partial charge in [0, 0.05) is 9.90 Å². The van der Waals surface area contributed by atoms with Gasteiger partial charge in [-0.05, 0) is 73.3 Å². The summed E-state index contributed by atoms with van der Waals surface area (Å²) in [4.78, 5) is 26.3. The smallest absolute Gasteiger partial charge is 0.341 e. The molecule has 1 amide bonds. The van der Waals surface area contributed by atoms with E-state index in [1.54, 1.807) is 12.1 Å². The van der Waals surface area contributed by atoms with E-state index in [1.165, 1.54) is 18.4 Å². The summed E-state index contributed by atoms with van der Waals surface area (Å²) in [6.07, 6.45) is 2.74. The predicted octanol–water partition coefficient (Wildman–Crippen LogP) is 5.97. The lowest BCUT2D eigenvalue weighted by atomic mass is 9.72. The van der Waals surface area contributed by atoms with Crippen molar-refractivity contribution in [3.8, 4) is 5.75 Å². The second kappa shape index (κ2) is 9.21. The number of carbonyl (C=O) groups excluding carboxylic acids is 2. The van der Waals surface area contributed by atoms with E-state index in [9.17, 15) is 9.59 Å². The lowest BCUT2D eigenvalue weighted by molar-refractivity contribution is -0.118. The summed E-state index contributed by atoms with van der Waals surface area (Å²) in [5.41, 5.74) is 3.48. The number of carbonyl (C=O) groups is 2. The van der Waals surface area contributed by atoms with Crippen LogP contribution in [0, 0.1) is 25.2 Å². The van der Waals surface area contributed by atoms with Gasteiger partial charge in [0.05, 0.1) is 12.7 Å². The first-order valence-electron chi connectivity index (χ1n) is 10.4. The van der Waals surface area contributed by atoms with E-state index in [-0.39, 0.29) is 17.9 Å². The van der Waals surface area contributed by atoms with Crippen LogP contribution in [0.4, 0.5) is 5.00 Å². The zero-order valence-electron chi connectivity index (χ0n) is 19.0. The minimum Gasteiger partial charge on any atom is -0.484 e. The molecule has 1 aromatic heterocycles. The summed E-state index contributed by atoms with van der Waals surface area (Å²) in [6, 6.07) is 3.61. The number of hydrogen-bond donors (Lipinski definition) is 1.